The van der Waals surface area contributed by atoms with Crippen molar-refractivity contribution < 1.29 is 0 Å². The summed E-state index contributed by atoms with van der Waals surface area (Å²) in [5, 5.41) is 3.56. The van der Waals surface area contributed by atoms with E-state index in [1.54, 1.807) is 0 Å². The molecule has 1 aromatic heterocycles. The molecule has 2 unspecified atom stereocenters. The number of nitrogens with zero attached hydrogens (tertiary/aromatic N) is 1. The van der Waals surface area contributed by atoms with E-state index < -0.39 is 0 Å². The SMILES string of the molecule is C1=CC2C(=CC=C3SCNC32)c2ncccc21. The van der Waals surface area contributed by atoms with Gasteiger partial charge in [0.2, 0.25) is 0 Å². The van der Waals surface area contributed by atoms with Gasteiger partial charge in [-0.25, -0.2) is 0 Å². The first-order valence-corrected chi connectivity index (χ1v) is 6.83. The number of thioether (sulfide) groups is 1. The van der Waals surface area contributed by atoms with Crippen molar-refractivity contribution in [3.63, 3.8) is 0 Å². The number of allylic oxidation sites excluding steroid dienone is 2. The third kappa shape index (κ3) is 1.36. The fraction of sp³-hybridized carbons (Fsp3) is 0.214. The molecule has 2 aliphatic carbocycles. The maximum absolute atomic E-state index is 4.53. The number of pyridine rings is 1. The van der Waals surface area contributed by atoms with Gasteiger partial charge in [-0.05, 0) is 11.6 Å². The lowest BCUT2D eigenvalue weighted by Gasteiger charge is -2.30. The molecule has 1 aliphatic heterocycles. The summed E-state index contributed by atoms with van der Waals surface area (Å²) < 4.78 is 0. The Morgan fingerprint density at radius 1 is 1.35 bits per heavy atom. The van der Waals surface area contributed by atoms with Crippen LogP contribution in [0, 0.1) is 5.92 Å². The normalized spacial score (nSPS) is 28.9. The summed E-state index contributed by atoms with van der Waals surface area (Å²) in [4.78, 5) is 6.00. The lowest BCUT2D eigenvalue weighted by atomic mass is 9.80. The summed E-state index contributed by atoms with van der Waals surface area (Å²) >= 11 is 1.91. The van der Waals surface area contributed by atoms with Gasteiger partial charge in [0.25, 0.3) is 0 Å². The van der Waals surface area contributed by atoms with Gasteiger partial charge < -0.3 is 0 Å². The standard InChI is InChI=1S/C14H12N2S/c1-2-9-3-4-11-10(13(9)15-7-1)5-6-12-14(11)16-8-17-12/h1-7,11,14,16H,8H2. The average molecular weight is 240 g/mol. The molecule has 1 saturated heterocycles. The lowest BCUT2D eigenvalue weighted by molar-refractivity contribution is 0.590. The molecular weight excluding hydrogens is 228 g/mol. The molecule has 1 aromatic rings. The highest BCUT2D eigenvalue weighted by molar-refractivity contribution is 8.03. The molecule has 4 rings (SSSR count). The molecule has 1 fully saturated rings. The monoisotopic (exact) mass is 240 g/mol. The van der Waals surface area contributed by atoms with Gasteiger partial charge >= 0.3 is 0 Å². The summed E-state index contributed by atoms with van der Waals surface area (Å²) in [6.07, 6.45) is 10.9. The van der Waals surface area contributed by atoms with Gasteiger partial charge in [-0.3, -0.25) is 10.3 Å². The van der Waals surface area contributed by atoms with Gasteiger partial charge in [0, 0.05) is 34.5 Å². The predicted molar refractivity (Wildman–Crippen MR) is 72.2 cm³/mol. The first-order chi connectivity index (χ1) is 8.43. The molecule has 0 spiro atoms. The van der Waals surface area contributed by atoms with Crippen LogP contribution in [0.1, 0.15) is 11.3 Å². The Kier molecular flexibility index (Phi) is 2.04. The van der Waals surface area contributed by atoms with E-state index in [9.17, 15) is 0 Å². The van der Waals surface area contributed by atoms with E-state index >= 15 is 0 Å². The topological polar surface area (TPSA) is 24.9 Å². The molecule has 0 bridgehead atoms. The first kappa shape index (κ1) is 9.68. The van der Waals surface area contributed by atoms with Crippen LogP contribution in [-0.2, 0) is 0 Å². The summed E-state index contributed by atoms with van der Waals surface area (Å²) in [5.41, 5.74) is 3.73. The Labute approximate surface area is 105 Å². The summed E-state index contributed by atoms with van der Waals surface area (Å²) in [5.74, 6) is 1.48. The molecule has 3 aliphatic rings. The molecule has 1 N–H and O–H groups in total. The molecule has 2 atom stereocenters. The van der Waals surface area contributed by atoms with Crippen molar-refractivity contribution in [1.82, 2.24) is 10.3 Å². The van der Waals surface area contributed by atoms with Gasteiger partial charge in [-0.15, -0.1) is 11.8 Å². The van der Waals surface area contributed by atoms with Crippen molar-refractivity contribution in [3.8, 4) is 0 Å². The van der Waals surface area contributed by atoms with Crippen molar-refractivity contribution >= 4 is 23.4 Å². The second-order valence-corrected chi connectivity index (χ2v) is 5.54. The second-order valence-electron chi connectivity index (χ2n) is 4.49. The fourth-order valence-electron chi connectivity index (χ4n) is 2.78. The number of hydrogen-bond donors (Lipinski definition) is 1. The van der Waals surface area contributed by atoms with Crippen LogP contribution in [0.15, 0.2) is 41.5 Å². The highest BCUT2D eigenvalue weighted by atomic mass is 32.2. The van der Waals surface area contributed by atoms with Crippen LogP contribution >= 0.6 is 11.8 Å². The number of hydrogen-bond acceptors (Lipinski definition) is 3. The molecule has 0 saturated carbocycles. The van der Waals surface area contributed by atoms with Crippen LogP contribution in [0.25, 0.3) is 11.6 Å². The van der Waals surface area contributed by atoms with Gasteiger partial charge in [0.05, 0.1) is 5.69 Å². The molecule has 3 heteroatoms. The van der Waals surface area contributed by atoms with Crippen LogP contribution in [0.2, 0.25) is 0 Å². The fourth-order valence-corrected chi connectivity index (χ4v) is 3.78. The van der Waals surface area contributed by atoms with Crippen molar-refractivity contribution in [2.75, 3.05) is 5.88 Å². The zero-order valence-electron chi connectivity index (χ0n) is 9.26. The van der Waals surface area contributed by atoms with Gasteiger partial charge in [-0.1, -0.05) is 30.4 Å². The molecule has 2 heterocycles. The summed E-state index contributed by atoms with van der Waals surface area (Å²) in [6, 6.07) is 4.59. The maximum Gasteiger partial charge on any atom is 0.0740 e. The molecule has 0 amide bonds. The molecule has 84 valence electrons. The molecular formula is C14H12N2S. The van der Waals surface area contributed by atoms with E-state index in [0.29, 0.717) is 12.0 Å². The van der Waals surface area contributed by atoms with E-state index in [2.05, 4.69) is 40.7 Å². The largest absolute Gasteiger partial charge is 0.299 e. The number of fused-ring (bicyclic) bond motifs is 5. The maximum atomic E-state index is 4.53. The Balaban J connectivity index is 1.89. The second kappa shape index (κ2) is 3.59. The number of aromatic nitrogens is 1. The van der Waals surface area contributed by atoms with Crippen LogP contribution in [0.5, 0.6) is 0 Å². The minimum absolute atomic E-state index is 0.451. The van der Waals surface area contributed by atoms with Gasteiger partial charge in [-0.2, -0.15) is 0 Å². The summed E-state index contributed by atoms with van der Waals surface area (Å²) in [6.45, 7) is 0. The Bertz CT molecular complexity index is 571. The smallest absolute Gasteiger partial charge is 0.0740 e. The van der Waals surface area contributed by atoms with Gasteiger partial charge in [0.15, 0.2) is 0 Å². The molecule has 0 radical (unpaired) electrons. The van der Waals surface area contributed by atoms with E-state index in [4.69, 9.17) is 0 Å². The van der Waals surface area contributed by atoms with E-state index in [0.717, 1.165) is 11.6 Å². The highest BCUT2D eigenvalue weighted by Crippen LogP contribution is 2.43. The third-order valence-corrected chi connectivity index (χ3v) is 4.62. The third-order valence-electron chi connectivity index (χ3n) is 3.59. The Hall–Kier alpha value is -1.32. The minimum atomic E-state index is 0.451. The van der Waals surface area contributed by atoms with Gasteiger partial charge in [0.1, 0.15) is 0 Å². The van der Waals surface area contributed by atoms with E-state index in [-0.39, 0.29) is 0 Å². The van der Waals surface area contributed by atoms with Crippen LogP contribution in [0.4, 0.5) is 0 Å². The Morgan fingerprint density at radius 2 is 2.35 bits per heavy atom. The van der Waals surface area contributed by atoms with Crippen LogP contribution < -0.4 is 5.32 Å². The zero-order valence-corrected chi connectivity index (χ0v) is 10.1. The highest BCUT2D eigenvalue weighted by Gasteiger charge is 2.35. The first-order valence-electron chi connectivity index (χ1n) is 5.85. The average Bonchev–Trinajstić information content (AvgIpc) is 2.86. The molecule has 17 heavy (non-hydrogen) atoms. The molecule has 2 nitrogen and oxygen atoms in total. The zero-order chi connectivity index (χ0) is 11.2. The van der Waals surface area contributed by atoms with Crippen molar-refractivity contribution in [2.24, 2.45) is 5.92 Å². The lowest BCUT2D eigenvalue weighted by Crippen LogP contribution is -2.33. The Morgan fingerprint density at radius 3 is 3.35 bits per heavy atom. The number of rotatable bonds is 0. The van der Waals surface area contributed by atoms with Crippen molar-refractivity contribution in [3.05, 3.63) is 52.7 Å². The van der Waals surface area contributed by atoms with E-state index in [1.165, 1.54) is 16.0 Å². The van der Waals surface area contributed by atoms with E-state index in [1.807, 2.05) is 24.0 Å². The van der Waals surface area contributed by atoms with Crippen LogP contribution in [0.3, 0.4) is 0 Å². The quantitative estimate of drug-likeness (QED) is 0.754. The molecule has 0 aromatic carbocycles. The van der Waals surface area contributed by atoms with Crippen molar-refractivity contribution in [2.45, 2.75) is 6.04 Å². The van der Waals surface area contributed by atoms with Crippen molar-refractivity contribution in [1.29, 1.82) is 0 Å². The number of nitrogens with one attached hydrogen (secondary N) is 1. The van der Waals surface area contributed by atoms with Crippen LogP contribution in [-0.4, -0.2) is 16.9 Å². The minimum Gasteiger partial charge on any atom is -0.299 e. The summed E-state index contributed by atoms with van der Waals surface area (Å²) in [7, 11) is 0. The predicted octanol–water partition coefficient (Wildman–Crippen LogP) is 2.67.